The van der Waals surface area contributed by atoms with Crippen molar-refractivity contribution in [2.45, 2.75) is 6.42 Å². The number of rotatable bonds is 3. The lowest BCUT2D eigenvalue weighted by Crippen LogP contribution is -2.44. The van der Waals surface area contributed by atoms with Crippen LogP contribution in [0.1, 0.15) is 5.76 Å². The number of guanidine groups is 1. The van der Waals surface area contributed by atoms with Gasteiger partial charge in [0, 0.05) is 26.1 Å². The summed E-state index contributed by atoms with van der Waals surface area (Å²) >= 11 is 0. The number of furan rings is 1. The van der Waals surface area contributed by atoms with Crippen molar-refractivity contribution in [2.24, 2.45) is 10.7 Å². The molecule has 0 bridgehead atoms. The Labute approximate surface area is 118 Å². The molecule has 0 saturated carbocycles. The molecular formula is C11H18IN3O2. The van der Waals surface area contributed by atoms with Gasteiger partial charge in [0.1, 0.15) is 5.76 Å². The maximum Gasteiger partial charge on any atom is 0.191 e. The third kappa shape index (κ3) is 4.55. The van der Waals surface area contributed by atoms with Crippen LogP contribution in [0.5, 0.6) is 0 Å². The SMILES string of the molecule is I.NC(=NCCc1ccco1)N1CCOCC1. The number of hydrogen-bond acceptors (Lipinski definition) is 3. The Hall–Kier alpha value is -0.760. The molecule has 0 amide bonds. The Morgan fingerprint density at radius 3 is 2.82 bits per heavy atom. The molecule has 17 heavy (non-hydrogen) atoms. The molecule has 2 heterocycles. The minimum Gasteiger partial charge on any atom is -0.469 e. The minimum absolute atomic E-state index is 0. The fourth-order valence-corrected chi connectivity index (χ4v) is 1.63. The normalized spacial score (nSPS) is 16.7. The topological polar surface area (TPSA) is 64.0 Å². The molecule has 2 N–H and O–H groups in total. The molecule has 0 radical (unpaired) electrons. The van der Waals surface area contributed by atoms with Crippen LogP contribution >= 0.6 is 24.0 Å². The van der Waals surface area contributed by atoms with Gasteiger partial charge in [0.2, 0.25) is 0 Å². The van der Waals surface area contributed by atoms with E-state index in [-0.39, 0.29) is 24.0 Å². The lowest BCUT2D eigenvalue weighted by Gasteiger charge is -2.27. The maximum atomic E-state index is 5.88. The van der Waals surface area contributed by atoms with Crippen LogP contribution in [0.25, 0.3) is 0 Å². The van der Waals surface area contributed by atoms with Gasteiger partial charge in [-0.3, -0.25) is 4.99 Å². The summed E-state index contributed by atoms with van der Waals surface area (Å²) in [4.78, 5) is 6.37. The van der Waals surface area contributed by atoms with Crippen molar-refractivity contribution in [1.29, 1.82) is 0 Å². The minimum atomic E-state index is 0. The second-order valence-electron chi connectivity index (χ2n) is 3.67. The average Bonchev–Trinajstić information content (AvgIpc) is 2.83. The molecule has 0 atom stereocenters. The Balaban J connectivity index is 0.00000144. The standard InChI is InChI=1S/C11H17N3O2.HI/c12-11(14-5-8-15-9-6-14)13-4-3-10-2-1-7-16-10;/h1-2,7H,3-6,8-9H2,(H2,12,13);1H. The average molecular weight is 351 g/mol. The summed E-state index contributed by atoms with van der Waals surface area (Å²) in [6.07, 6.45) is 2.46. The summed E-state index contributed by atoms with van der Waals surface area (Å²) in [7, 11) is 0. The third-order valence-corrected chi connectivity index (χ3v) is 2.55. The van der Waals surface area contributed by atoms with Crippen LogP contribution in [0.15, 0.2) is 27.8 Å². The molecule has 1 aromatic rings. The predicted octanol–water partition coefficient (Wildman–Crippen LogP) is 1.09. The number of morpholine rings is 1. The van der Waals surface area contributed by atoms with Crippen molar-refractivity contribution in [3.05, 3.63) is 24.2 Å². The molecule has 1 aliphatic rings. The van der Waals surface area contributed by atoms with E-state index in [1.807, 2.05) is 17.0 Å². The van der Waals surface area contributed by atoms with Crippen molar-refractivity contribution in [3.8, 4) is 0 Å². The predicted molar refractivity (Wildman–Crippen MR) is 76.7 cm³/mol. The zero-order chi connectivity index (χ0) is 11.2. The first kappa shape index (κ1) is 14.3. The molecule has 96 valence electrons. The number of ether oxygens (including phenoxy) is 1. The van der Waals surface area contributed by atoms with E-state index < -0.39 is 0 Å². The molecule has 1 saturated heterocycles. The van der Waals surface area contributed by atoms with E-state index >= 15 is 0 Å². The van der Waals surface area contributed by atoms with Gasteiger partial charge in [-0.25, -0.2) is 0 Å². The molecule has 1 aromatic heterocycles. The van der Waals surface area contributed by atoms with E-state index in [9.17, 15) is 0 Å². The zero-order valence-corrected chi connectivity index (χ0v) is 12.0. The molecule has 1 fully saturated rings. The van der Waals surface area contributed by atoms with Crippen LogP contribution in [0.3, 0.4) is 0 Å². The van der Waals surface area contributed by atoms with Crippen molar-refractivity contribution < 1.29 is 9.15 Å². The summed E-state index contributed by atoms with van der Waals surface area (Å²) < 4.78 is 10.5. The van der Waals surface area contributed by atoms with Crippen LogP contribution < -0.4 is 5.73 Å². The van der Waals surface area contributed by atoms with Crippen LogP contribution in [0.4, 0.5) is 0 Å². The molecule has 0 aliphatic carbocycles. The summed E-state index contributed by atoms with van der Waals surface area (Å²) in [6.45, 7) is 3.78. The fourth-order valence-electron chi connectivity index (χ4n) is 1.63. The van der Waals surface area contributed by atoms with Crippen LogP contribution in [-0.2, 0) is 11.2 Å². The largest absolute Gasteiger partial charge is 0.469 e. The van der Waals surface area contributed by atoms with Gasteiger partial charge in [-0.2, -0.15) is 0 Å². The third-order valence-electron chi connectivity index (χ3n) is 2.55. The smallest absolute Gasteiger partial charge is 0.191 e. The van der Waals surface area contributed by atoms with Gasteiger partial charge in [-0.05, 0) is 12.1 Å². The molecule has 2 rings (SSSR count). The maximum absolute atomic E-state index is 5.88. The molecule has 0 spiro atoms. The van der Waals surface area contributed by atoms with Crippen LogP contribution in [0, 0.1) is 0 Å². The van der Waals surface area contributed by atoms with Gasteiger partial charge in [0.05, 0.1) is 19.5 Å². The van der Waals surface area contributed by atoms with Gasteiger partial charge in [0.25, 0.3) is 0 Å². The van der Waals surface area contributed by atoms with Crippen LogP contribution in [0.2, 0.25) is 0 Å². The van der Waals surface area contributed by atoms with Crippen molar-refractivity contribution in [3.63, 3.8) is 0 Å². The lowest BCUT2D eigenvalue weighted by molar-refractivity contribution is 0.0674. The van der Waals surface area contributed by atoms with E-state index in [1.165, 1.54) is 0 Å². The highest BCUT2D eigenvalue weighted by Gasteiger charge is 2.11. The fraction of sp³-hybridized carbons (Fsp3) is 0.545. The molecule has 0 unspecified atom stereocenters. The van der Waals surface area contributed by atoms with Gasteiger partial charge in [-0.15, -0.1) is 24.0 Å². The Morgan fingerprint density at radius 1 is 1.41 bits per heavy atom. The number of nitrogens with zero attached hydrogens (tertiary/aromatic N) is 2. The Kier molecular flexibility index (Phi) is 6.35. The first-order chi connectivity index (χ1) is 7.86. The quantitative estimate of drug-likeness (QED) is 0.503. The van der Waals surface area contributed by atoms with Gasteiger partial charge >= 0.3 is 0 Å². The van der Waals surface area contributed by atoms with E-state index in [2.05, 4.69) is 4.99 Å². The van der Waals surface area contributed by atoms with Gasteiger partial charge < -0.3 is 19.8 Å². The highest BCUT2D eigenvalue weighted by molar-refractivity contribution is 14.0. The van der Waals surface area contributed by atoms with Crippen molar-refractivity contribution >= 4 is 29.9 Å². The number of aliphatic imine (C=N–C) groups is 1. The van der Waals surface area contributed by atoms with Crippen molar-refractivity contribution in [1.82, 2.24) is 4.90 Å². The number of halogens is 1. The second-order valence-corrected chi connectivity index (χ2v) is 3.67. The molecule has 5 nitrogen and oxygen atoms in total. The highest BCUT2D eigenvalue weighted by Crippen LogP contribution is 2.01. The molecular weight excluding hydrogens is 333 g/mol. The van der Waals surface area contributed by atoms with Crippen LogP contribution in [-0.4, -0.2) is 43.7 Å². The summed E-state index contributed by atoms with van der Waals surface area (Å²) in [5, 5.41) is 0. The van der Waals surface area contributed by atoms with E-state index in [0.717, 1.165) is 38.5 Å². The summed E-state index contributed by atoms with van der Waals surface area (Å²) in [5.74, 6) is 1.55. The first-order valence-corrected chi connectivity index (χ1v) is 5.51. The van der Waals surface area contributed by atoms with E-state index in [4.69, 9.17) is 14.9 Å². The molecule has 6 heteroatoms. The Bertz CT molecular complexity index is 334. The lowest BCUT2D eigenvalue weighted by atomic mass is 10.3. The summed E-state index contributed by atoms with van der Waals surface area (Å²) in [5.41, 5.74) is 5.88. The first-order valence-electron chi connectivity index (χ1n) is 5.51. The molecule has 0 aromatic carbocycles. The molecule has 1 aliphatic heterocycles. The highest BCUT2D eigenvalue weighted by atomic mass is 127. The van der Waals surface area contributed by atoms with Crippen molar-refractivity contribution in [2.75, 3.05) is 32.8 Å². The monoisotopic (exact) mass is 351 g/mol. The number of hydrogen-bond donors (Lipinski definition) is 1. The summed E-state index contributed by atoms with van der Waals surface area (Å²) in [6, 6.07) is 3.82. The van der Waals surface area contributed by atoms with E-state index in [0.29, 0.717) is 12.5 Å². The van der Waals surface area contributed by atoms with E-state index in [1.54, 1.807) is 6.26 Å². The zero-order valence-electron chi connectivity index (χ0n) is 9.67. The Morgan fingerprint density at radius 2 is 2.18 bits per heavy atom. The van der Waals surface area contributed by atoms with Gasteiger partial charge in [-0.1, -0.05) is 0 Å². The second kappa shape index (κ2) is 7.54. The number of nitrogens with two attached hydrogens (primary N) is 1. The van der Waals surface area contributed by atoms with Gasteiger partial charge in [0.15, 0.2) is 5.96 Å².